The number of hydrogen-bond acceptors (Lipinski definition) is 2. The first kappa shape index (κ1) is 13.6. The van der Waals surface area contributed by atoms with Gasteiger partial charge in [0.05, 0.1) is 11.6 Å². The van der Waals surface area contributed by atoms with Crippen molar-refractivity contribution in [3.8, 4) is 6.07 Å². The van der Waals surface area contributed by atoms with Gasteiger partial charge in [0.15, 0.2) is 0 Å². The molecule has 0 radical (unpaired) electrons. The lowest BCUT2D eigenvalue weighted by atomic mass is 10.1. The topological polar surface area (TPSA) is 35.8 Å². The second-order valence-corrected chi connectivity index (χ2v) is 4.91. The molecule has 0 atom stereocenters. The summed E-state index contributed by atoms with van der Waals surface area (Å²) in [5.41, 5.74) is 4.05. The van der Waals surface area contributed by atoms with Gasteiger partial charge in [-0.25, -0.2) is 0 Å². The fourth-order valence-corrected chi connectivity index (χ4v) is 2.05. The Labute approximate surface area is 118 Å². The molecule has 19 heavy (non-hydrogen) atoms. The Kier molecular flexibility index (Phi) is 4.57. The molecule has 0 heterocycles. The highest BCUT2D eigenvalue weighted by Gasteiger charge is 1.99. The predicted octanol–water partition coefficient (Wildman–Crippen LogP) is 3.81. The second-order valence-electron chi connectivity index (χ2n) is 4.50. The number of hydrogen-bond donors (Lipinski definition) is 1. The summed E-state index contributed by atoms with van der Waals surface area (Å²) in [4.78, 5) is 0. The minimum Gasteiger partial charge on any atom is -0.309 e. The Balaban J connectivity index is 1.92. The third-order valence-corrected chi connectivity index (χ3v) is 3.36. The van der Waals surface area contributed by atoms with Crippen LogP contribution in [0.2, 0.25) is 5.02 Å². The monoisotopic (exact) mass is 270 g/mol. The third-order valence-electron chi connectivity index (χ3n) is 2.95. The van der Waals surface area contributed by atoms with E-state index in [-0.39, 0.29) is 0 Å². The van der Waals surface area contributed by atoms with Crippen molar-refractivity contribution in [2.75, 3.05) is 0 Å². The fourth-order valence-electron chi connectivity index (χ4n) is 1.85. The summed E-state index contributed by atoms with van der Waals surface area (Å²) in [5.74, 6) is 0. The van der Waals surface area contributed by atoms with Crippen molar-refractivity contribution < 1.29 is 0 Å². The van der Waals surface area contributed by atoms with Gasteiger partial charge in [0.25, 0.3) is 0 Å². The summed E-state index contributed by atoms with van der Waals surface area (Å²) in [6.45, 7) is 3.49. The lowest BCUT2D eigenvalue weighted by molar-refractivity contribution is 0.693. The maximum atomic E-state index is 8.84. The summed E-state index contributed by atoms with van der Waals surface area (Å²) in [6, 6.07) is 15.8. The lowest BCUT2D eigenvalue weighted by Crippen LogP contribution is -2.12. The highest BCUT2D eigenvalue weighted by atomic mass is 35.5. The van der Waals surface area contributed by atoms with E-state index in [1.165, 1.54) is 0 Å². The zero-order valence-corrected chi connectivity index (χ0v) is 11.5. The van der Waals surface area contributed by atoms with Crippen LogP contribution >= 0.6 is 11.6 Å². The minimum atomic E-state index is 0.692. The van der Waals surface area contributed by atoms with Gasteiger partial charge >= 0.3 is 0 Å². The lowest BCUT2D eigenvalue weighted by Gasteiger charge is -2.07. The van der Waals surface area contributed by atoms with Crippen LogP contribution in [-0.2, 0) is 13.1 Å². The van der Waals surface area contributed by atoms with Gasteiger partial charge in [-0.15, -0.1) is 0 Å². The minimum absolute atomic E-state index is 0.692. The highest BCUT2D eigenvalue weighted by Crippen LogP contribution is 2.16. The SMILES string of the molecule is Cc1ccc(CNCc2cccc(C#N)c2)cc1Cl. The highest BCUT2D eigenvalue weighted by molar-refractivity contribution is 6.31. The summed E-state index contributed by atoms with van der Waals surface area (Å²) in [7, 11) is 0. The van der Waals surface area contributed by atoms with Gasteiger partial charge in [0.2, 0.25) is 0 Å². The van der Waals surface area contributed by atoms with Crippen molar-refractivity contribution in [3.63, 3.8) is 0 Å². The Morgan fingerprint density at radius 2 is 1.84 bits per heavy atom. The van der Waals surface area contributed by atoms with Crippen LogP contribution in [0.25, 0.3) is 0 Å². The molecule has 0 bridgehead atoms. The standard InChI is InChI=1S/C16H15ClN2/c1-12-5-6-15(8-16(12)17)11-19-10-14-4-2-3-13(7-14)9-18/h2-8,19H,10-11H2,1H3. The van der Waals surface area contributed by atoms with E-state index in [9.17, 15) is 0 Å². The van der Waals surface area contributed by atoms with Gasteiger partial charge in [0, 0.05) is 18.1 Å². The van der Waals surface area contributed by atoms with Crippen LogP contribution in [0.3, 0.4) is 0 Å². The van der Waals surface area contributed by atoms with E-state index in [1.54, 1.807) is 0 Å². The third kappa shape index (κ3) is 3.82. The molecular formula is C16H15ClN2. The van der Waals surface area contributed by atoms with Crippen LogP contribution in [-0.4, -0.2) is 0 Å². The molecule has 3 heteroatoms. The molecule has 96 valence electrons. The molecule has 0 unspecified atom stereocenters. The quantitative estimate of drug-likeness (QED) is 0.917. The molecule has 0 aliphatic rings. The van der Waals surface area contributed by atoms with Crippen LogP contribution in [0, 0.1) is 18.3 Å². The van der Waals surface area contributed by atoms with Crippen molar-refractivity contribution in [1.82, 2.24) is 5.32 Å². The normalized spacial score (nSPS) is 10.2. The van der Waals surface area contributed by atoms with Gasteiger partial charge in [0.1, 0.15) is 0 Å². The number of aryl methyl sites for hydroxylation is 1. The maximum absolute atomic E-state index is 8.84. The molecule has 1 N–H and O–H groups in total. The van der Waals surface area contributed by atoms with Crippen molar-refractivity contribution in [2.45, 2.75) is 20.0 Å². The molecule has 2 aromatic carbocycles. The first-order valence-corrected chi connectivity index (χ1v) is 6.51. The number of halogens is 1. The van der Waals surface area contributed by atoms with E-state index in [2.05, 4.69) is 17.5 Å². The van der Waals surface area contributed by atoms with E-state index in [0.717, 1.165) is 34.8 Å². The zero-order chi connectivity index (χ0) is 13.7. The van der Waals surface area contributed by atoms with E-state index in [4.69, 9.17) is 16.9 Å². The molecule has 0 fully saturated rings. The average Bonchev–Trinajstić information content (AvgIpc) is 2.43. The summed E-state index contributed by atoms with van der Waals surface area (Å²) in [6.07, 6.45) is 0. The molecule has 0 spiro atoms. The largest absolute Gasteiger partial charge is 0.309 e. The molecule has 0 saturated carbocycles. The molecule has 2 nitrogen and oxygen atoms in total. The van der Waals surface area contributed by atoms with Crippen LogP contribution in [0.15, 0.2) is 42.5 Å². The number of nitriles is 1. The summed E-state index contributed by atoms with van der Waals surface area (Å²) < 4.78 is 0. The Morgan fingerprint density at radius 1 is 1.11 bits per heavy atom. The summed E-state index contributed by atoms with van der Waals surface area (Å²) >= 11 is 6.09. The zero-order valence-electron chi connectivity index (χ0n) is 10.8. The van der Waals surface area contributed by atoms with Crippen LogP contribution < -0.4 is 5.32 Å². The first-order chi connectivity index (χ1) is 9.19. The molecule has 0 aromatic heterocycles. The van der Waals surface area contributed by atoms with E-state index in [0.29, 0.717) is 5.56 Å². The first-order valence-electron chi connectivity index (χ1n) is 6.14. The molecule has 2 aromatic rings. The number of benzene rings is 2. The average molecular weight is 271 g/mol. The van der Waals surface area contributed by atoms with Gasteiger partial charge in [-0.1, -0.05) is 35.9 Å². The molecule has 0 amide bonds. The van der Waals surface area contributed by atoms with E-state index < -0.39 is 0 Å². The fraction of sp³-hybridized carbons (Fsp3) is 0.188. The van der Waals surface area contributed by atoms with Gasteiger partial charge in [-0.3, -0.25) is 0 Å². The molecule has 2 rings (SSSR count). The predicted molar refractivity (Wildman–Crippen MR) is 77.9 cm³/mol. The molecule has 0 aliphatic carbocycles. The number of nitrogens with one attached hydrogen (secondary N) is 1. The maximum Gasteiger partial charge on any atom is 0.0991 e. The number of rotatable bonds is 4. The Hall–Kier alpha value is -1.82. The van der Waals surface area contributed by atoms with Gasteiger partial charge < -0.3 is 5.32 Å². The smallest absolute Gasteiger partial charge is 0.0991 e. The van der Waals surface area contributed by atoms with Crippen LogP contribution in [0.1, 0.15) is 22.3 Å². The van der Waals surface area contributed by atoms with Crippen LogP contribution in [0.4, 0.5) is 0 Å². The number of nitrogens with zero attached hydrogens (tertiary/aromatic N) is 1. The Bertz CT molecular complexity index is 614. The van der Waals surface area contributed by atoms with E-state index >= 15 is 0 Å². The van der Waals surface area contributed by atoms with Crippen molar-refractivity contribution in [3.05, 3.63) is 69.7 Å². The van der Waals surface area contributed by atoms with Crippen molar-refractivity contribution >= 4 is 11.6 Å². The van der Waals surface area contributed by atoms with Crippen molar-refractivity contribution in [1.29, 1.82) is 5.26 Å². The second kappa shape index (κ2) is 6.38. The van der Waals surface area contributed by atoms with Crippen LogP contribution in [0.5, 0.6) is 0 Å². The van der Waals surface area contributed by atoms with Gasteiger partial charge in [-0.05, 0) is 41.8 Å². The summed E-state index contributed by atoms with van der Waals surface area (Å²) in [5, 5.41) is 13.0. The van der Waals surface area contributed by atoms with Gasteiger partial charge in [-0.2, -0.15) is 5.26 Å². The Morgan fingerprint density at radius 3 is 2.53 bits per heavy atom. The van der Waals surface area contributed by atoms with Crippen molar-refractivity contribution in [2.24, 2.45) is 0 Å². The molecule has 0 saturated heterocycles. The molecular weight excluding hydrogens is 256 g/mol. The molecule has 0 aliphatic heterocycles. The van der Waals surface area contributed by atoms with E-state index in [1.807, 2.05) is 43.3 Å².